The number of likely N-dealkylation sites (tertiary alicyclic amines) is 1. The molecule has 0 amide bonds. The lowest BCUT2D eigenvalue weighted by atomic mass is 9.87. The van der Waals surface area contributed by atoms with Crippen LogP contribution in [-0.2, 0) is 0 Å². The van der Waals surface area contributed by atoms with Crippen LogP contribution < -0.4 is 0 Å². The van der Waals surface area contributed by atoms with Crippen molar-refractivity contribution in [2.75, 3.05) is 6.54 Å². The van der Waals surface area contributed by atoms with Crippen molar-refractivity contribution in [3.8, 4) is 0 Å². The normalized spacial score (nSPS) is 37.9. The Morgan fingerprint density at radius 1 is 1.12 bits per heavy atom. The molecule has 0 aromatic carbocycles. The van der Waals surface area contributed by atoms with E-state index in [-0.39, 0.29) is 12.2 Å². The molecule has 2 rings (SSSR count). The molecule has 1 heterocycles. The second kappa shape index (κ2) is 6.17. The molecule has 2 N–H and O–H groups in total. The number of aliphatic hydroxyl groups excluding tert-OH is 2. The summed E-state index contributed by atoms with van der Waals surface area (Å²) in [5.41, 5.74) is 0. The van der Waals surface area contributed by atoms with E-state index in [1.54, 1.807) is 0 Å². The Balaban J connectivity index is 1.99. The molecule has 1 saturated carbocycles. The zero-order valence-corrected chi connectivity index (χ0v) is 11.0. The third kappa shape index (κ3) is 3.43. The van der Waals surface area contributed by atoms with Crippen molar-refractivity contribution in [2.24, 2.45) is 0 Å². The third-order valence-corrected chi connectivity index (χ3v) is 4.41. The second-order valence-corrected chi connectivity index (χ2v) is 5.89. The average molecular weight is 241 g/mol. The Labute approximate surface area is 105 Å². The van der Waals surface area contributed by atoms with E-state index < -0.39 is 0 Å². The molecule has 0 bridgehead atoms. The first-order valence-electron chi connectivity index (χ1n) is 7.30. The lowest BCUT2D eigenvalue weighted by Gasteiger charge is -2.45. The van der Waals surface area contributed by atoms with Gasteiger partial charge in [-0.25, -0.2) is 0 Å². The molecule has 100 valence electrons. The molecule has 0 aromatic heterocycles. The topological polar surface area (TPSA) is 43.7 Å². The molecule has 0 spiro atoms. The van der Waals surface area contributed by atoms with Crippen molar-refractivity contribution in [3.05, 3.63) is 0 Å². The van der Waals surface area contributed by atoms with E-state index in [4.69, 9.17) is 0 Å². The molecule has 3 heteroatoms. The lowest BCUT2D eigenvalue weighted by Crippen LogP contribution is -2.53. The van der Waals surface area contributed by atoms with Crippen molar-refractivity contribution in [3.63, 3.8) is 0 Å². The van der Waals surface area contributed by atoms with Gasteiger partial charge in [0.25, 0.3) is 0 Å². The van der Waals surface area contributed by atoms with E-state index in [0.29, 0.717) is 12.1 Å². The molecule has 0 aromatic rings. The van der Waals surface area contributed by atoms with Crippen LogP contribution >= 0.6 is 0 Å². The Morgan fingerprint density at radius 3 is 2.53 bits per heavy atom. The first-order chi connectivity index (χ1) is 8.18. The van der Waals surface area contributed by atoms with Crippen LogP contribution in [0.3, 0.4) is 0 Å². The first kappa shape index (κ1) is 13.3. The monoisotopic (exact) mass is 241 g/mol. The third-order valence-electron chi connectivity index (χ3n) is 4.41. The number of hydrogen-bond donors (Lipinski definition) is 2. The number of nitrogens with zero attached hydrogens (tertiary/aromatic N) is 1. The van der Waals surface area contributed by atoms with Gasteiger partial charge < -0.3 is 10.2 Å². The standard InChI is InChI=1S/C14H27NO2/c1-11(16)10-12-6-4-5-9-15(12)13-7-2-3-8-14(13)17/h11-14,16-17H,2-10H2,1H3. The van der Waals surface area contributed by atoms with Crippen molar-refractivity contribution in [1.29, 1.82) is 0 Å². The van der Waals surface area contributed by atoms with Gasteiger partial charge in [-0.15, -0.1) is 0 Å². The van der Waals surface area contributed by atoms with Crippen molar-refractivity contribution >= 4 is 0 Å². The second-order valence-electron chi connectivity index (χ2n) is 5.89. The lowest BCUT2D eigenvalue weighted by molar-refractivity contribution is -0.0257. The molecule has 1 aliphatic carbocycles. The predicted molar refractivity (Wildman–Crippen MR) is 68.9 cm³/mol. The molecule has 4 atom stereocenters. The van der Waals surface area contributed by atoms with Gasteiger partial charge in [-0.3, -0.25) is 4.90 Å². The van der Waals surface area contributed by atoms with Crippen LogP contribution in [-0.4, -0.2) is 45.9 Å². The first-order valence-corrected chi connectivity index (χ1v) is 7.30. The van der Waals surface area contributed by atoms with Crippen LogP contribution in [0.5, 0.6) is 0 Å². The summed E-state index contributed by atoms with van der Waals surface area (Å²) in [6.07, 6.45) is 8.74. The summed E-state index contributed by atoms with van der Waals surface area (Å²) in [6.45, 7) is 2.99. The molecule has 17 heavy (non-hydrogen) atoms. The van der Waals surface area contributed by atoms with Crippen LogP contribution in [0.4, 0.5) is 0 Å². The average Bonchev–Trinajstić information content (AvgIpc) is 2.30. The van der Waals surface area contributed by atoms with Gasteiger partial charge in [0, 0.05) is 12.1 Å². The Kier molecular flexibility index (Phi) is 4.83. The van der Waals surface area contributed by atoms with Gasteiger partial charge in [-0.1, -0.05) is 19.3 Å². The van der Waals surface area contributed by atoms with Gasteiger partial charge in [0.15, 0.2) is 0 Å². The van der Waals surface area contributed by atoms with Gasteiger partial charge in [-0.05, 0) is 45.6 Å². The molecular weight excluding hydrogens is 214 g/mol. The van der Waals surface area contributed by atoms with Crippen LogP contribution in [0.1, 0.15) is 58.3 Å². The van der Waals surface area contributed by atoms with Crippen LogP contribution in [0.25, 0.3) is 0 Å². The zero-order valence-electron chi connectivity index (χ0n) is 11.0. The summed E-state index contributed by atoms with van der Waals surface area (Å²) in [4.78, 5) is 2.50. The Hall–Kier alpha value is -0.120. The highest BCUT2D eigenvalue weighted by atomic mass is 16.3. The summed E-state index contributed by atoms with van der Waals surface area (Å²) in [5, 5.41) is 19.8. The summed E-state index contributed by atoms with van der Waals surface area (Å²) in [7, 11) is 0. The van der Waals surface area contributed by atoms with E-state index in [1.165, 1.54) is 32.1 Å². The van der Waals surface area contributed by atoms with Gasteiger partial charge in [0.05, 0.1) is 12.2 Å². The van der Waals surface area contributed by atoms with Crippen LogP contribution in [0.2, 0.25) is 0 Å². The quantitative estimate of drug-likeness (QED) is 0.793. The molecule has 1 aliphatic heterocycles. The fourth-order valence-electron chi connectivity index (χ4n) is 3.58. The maximum atomic E-state index is 10.2. The molecule has 2 aliphatic rings. The van der Waals surface area contributed by atoms with Crippen molar-refractivity contribution < 1.29 is 10.2 Å². The van der Waals surface area contributed by atoms with E-state index in [9.17, 15) is 10.2 Å². The van der Waals surface area contributed by atoms with E-state index in [1.807, 2.05) is 6.92 Å². The highest BCUT2D eigenvalue weighted by Gasteiger charge is 2.34. The Morgan fingerprint density at radius 2 is 1.82 bits per heavy atom. The highest BCUT2D eigenvalue weighted by Crippen LogP contribution is 2.30. The van der Waals surface area contributed by atoms with Gasteiger partial charge in [0.1, 0.15) is 0 Å². The minimum absolute atomic E-state index is 0.140. The van der Waals surface area contributed by atoms with E-state index >= 15 is 0 Å². The molecule has 3 nitrogen and oxygen atoms in total. The molecule has 0 radical (unpaired) electrons. The zero-order chi connectivity index (χ0) is 12.3. The Bertz CT molecular complexity index is 232. The molecule has 4 unspecified atom stereocenters. The van der Waals surface area contributed by atoms with Gasteiger partial charge in [0.2, 0.25) is 0 Å². The molecule has 2 fully saturated rings. The van der Waals surface area contributed by atoms with Crippen molar-refractivity contribution in [1.82, 2.24) is 4.90 Å². The summed E-state index contributed by atoms with van der Waals surface area (Å²) in [5.74, 6) is 0. The summed E-state index contributed by atoms with van der Waals surface area (Å²) in [6, 6.07) is 0.842. The fraction of sp³-hybridized carbons (Fsp3) is 1.00. The number of hydrogen-bond acceptors (Lipinski definition) is 3. The van der Waals surface area contributed by atoms with Crippen molar-refractivity contribution in [2.45, 2.75) is 82.6 Å². The maximum absolute atomic E-state index is 10.2. The number of rotatable bonds is 3. The fourth-order valence-corrected chi connectivity index (χ4v) is 3.58. The SMILES string of the molecule is CC(O)CC1CCCCN1C1CCCCC1O. The van der Waals surface area contributed by atoms with Crippen LogP contribution in [0.15, 0.2) is 0 Å². The smallest absolute Gasteiger partial charge is 0.0695 e. The maximum Gasteiger partial charge on any atom is 0.0695 e. The minimum atomic E-state index is -0.221. The van der Waals surface area contributed by atoms with E-state index in [2.05, 4.69) is 4.90 Å². The summed E-state index contributed by atoms with van der Waals surface area (Å²) < 4.78 is 0. The minimum Gasteiger partial charge on any atom is -0.393 e. The van der Waals surface area contributed by atoms with Crippen LogP contribution in [0, 0.1) is 0 Å². The predicted octanol–water partition coefficient (Wildman–Crippen LogP) is 1.92. The largest absolute Gasteiger partial charge is 0.393 e. The number of piperidine rings is 1. The number of aliphatic hydroxyl groups is 2. The van der Waals surface area contributed by atoms with E-state index in [0.717, 1.165) is 25.8 Å². The highest BCUT2D eigenvalue weighted by molar-refractivity contribution is 4.89. The molecule has 1 saturated heterocycles. The van der Waals surface area contributed by atoms with Gasteiger partial charge in [-0.2, -0.15) is 0 Å². The van der Waals surface area contributed by atoms with Gasteiger partial charge >= 0.3 is 0 Å². The molecular formula is C14H27NO2. The summed E-state index contributed by atoms with van der Waals surface area (Å²) >= 11 is 0.